The fraction of sp³-hybridized carbons (Fsp3) is 0.417. The average molecular weight is 251 g/mol. The summed E-state index contributed by atoms with van der Waals surface area (Å²) >= 11 is 0. The normalized spacial score (nSPS) is 15.7. The van der Waals surface area contributed by atoms with Crippen LogP contribution < -0.4 is 5.32 Å². The minimum absolute atomic E-state index is 0.116. The molecular weight excluding hydrogens is 237 g/mol. The molecule has 0 fully saturated rings. The Hall–Kier alpha value is -1.98. The van der Waals surface area contributed by atoms with Crippen LogP contribution >= 0.6 is 0 Å². The van der Waals surface area contributed by atoms with Crippen molar-refractivity contribution in [3.63, 3.8) is 0 Å². The summed E-state index contributed by atoms with van der Waals surface area (Å²) in [6, 6.07) is 3.44. The Kier molecular flexibility index (Phi) is 3.86. The first-order valence-electron chi connectivity index (χ1n) is 5.91. The van der Waals surface area contributed by atoms with Crippen molar-refractivity contribution in [3.05, 3.63) is 34.1 Å². The number of nitro benzene ring substituents is 1. The molecule has 2 rings (SSSR count). The standard InChI is InChI=1S/C12H14FN3O2/c13-10-6-5-9(16(17)18)8-11(10)15-12-4-2-1-3-7-14-12/h5-6,8H,1-4,7H2,(H,14,15). The number of hydrogen-bond donors (Lipinski definition) is 1. The van der Waals surface area contributed by atoms with E-state index < -0.39 is 10.7 Å². The summed E-state index contributed by atoms with van der Waals surface area (Å²) in [6.45, 7) is 0.721. The van der Waals surface area contributed by atoms with Gasteiger partial charge in [0.2, 0.25) is 0 Å². The summed E-state index contributed by atoms with van der Waals surface area (Å²) in [6.07, 6.45) is 3.89. The summed E-state index contributed by atoms with van der Waals surface area (Å²) in [5.74, 6) is 0.194. The molecule has 1 aromatic carbocycles. The number of nitro groups is 1. The van der Waals surface area contributed by atoms with Crippen molar-refractivity contribution in [2.24, 2.45) is 4.99 Å². The van der Waals surface area contributed by atoms with E-state index in [0.717, 1.165) is 44.4 Å². The first kappa shape index (κ1) is 12.5. The van der Waals surface area contributed by atoms with E-state index in [9.17, 15) is 14.5 Å². The van der Waals surface area contributed by atoms with E-state index in [1.807, 2.05) is 0 Å². The van der Waals surface area contributed by atoms with Gasteiger partial charge in [0.1, 0.15) is 11.7 Å². The Bertz CT molecular complexity index is 488. The van der Waals surface area contributed by atoms with Gasteiger partial charge in [-0.3, -0.25) is 15.1 Å². The van der Waals surface area contributed by atoms with Crippen molar-refractivity contribution in [2.75, 3.05) is 11.9 Å². The summed E-state index contributed by atoms with van der Waals surface area (Å²) in [5.41, 5.74) is -0.0158. The highest BCUT2D eigenvalue weighted by Crippen LogP contribution is 2.22. The van der Waals surface area contributed by atoms with E-state index in [2.05, 4.69) is 10.3 Å². The van der Waals surface area contributed by atoms with E-state index in [1.54, 1.807) is 0 Å². The number of nitrogens with zero attached hydrogens (tertiary/aromatic N) is 2. The molecule has 96 valence electrons. The van der Waals surface area contributed by atoms with E-state index in [0.29, 0.717) is 5.84 Å². The molecule has 0 saturated heterocycles. The Labute approximate surface area is 104 Å². The number of aliphatic imine (C=N–C) groups is 1. The molecule has 1 heterocycles. The van der Waals surface area contributed by atoms with Crippen molar-refractivity contribution < 1.29 is 9.31 Å². The third kappa shape index (κ3) is 3.03. The number of non-ortho nitro benzene ring substituents is 1. The zero-order valence-electron chi connectivity index (χ0n) is 9.86. The Morgan fingerprint density at radius 1 is 1.33 bits per heavy atom. The van der Waals surface area contributed by atoms with Crippen LogP contribution in [0, 0.1) is 15.9 Å². The molecule has 0 bridgehead atoms. The summed E-state index contributed by atoms with van der Waals surface area (Å²) in [7, 11) is 0. The Morgan fingerprint density at radius 3 is 2.94 bits per heavy atom. The lowest BCUT2D eigenvalue weighted by Gasteiger charge is -2.09. The lowest BCUT2D eigenvalue weighted by molar-refractivity contribution is -0.384. The number of nitrogens with one attached hydrogen (secondary N) is 1. The molecule has 0 aliphatic carbocycles. The van der Waals surface area contributed by atoms with Gasteiger partial charge in [0, 0.05) is 25.1 Å². The third-order valence-corrected chi connectivity index (χ3v) is 2.81. The van der Waals surface area contributed by atoms with Gasteiger partial charge in [-0.1, -0.05) is 6.42 Å². The second-order valence-corrected chi connectivity index (χ2v) is 4.19. The molecular formula is C12H14FN3O2. The van der Waals surface area contributed by atoms with Crippen LogP contribution in [0.4, 0.5) is 15.8 Å². The highest BCUT2D eigenvalue weighted by Gasteiger charge is 2.12. The third-order valence-electron chi connectivity index (χ3n) is 2.81. The van der Waals surface area contributed by atoms with Gasteiger partial charge in [-0.25, -0.2) is 4.39 Å². The van der Waals surface area contributed by atoms with Crippen LogP contribution in [0.2, 0.25) is 0 Å². The van der Waals surface area contributed by atoms with Gasteiger partial charge in [0.25, 0.3) is 5.69 Å². The molecule has 0 atom stereocenters. The van der Waals surface area contributed by atoms with E-state index in [4.69, 9.17) is 0 Å². The van der Waals surface area contributed by atoms with Crippen molar-refractivity contribution in [2.45, 2.75) is 25.7 Å². The van der Waals surface area contributed by atoms with Gasteiger partial charge in [-0.15, -0.1) is 0 Å². The van der Waals surface area contributed by atoms with Crippen molar-refractivity contribution in [1.29, 1.82) is 0 Å². The molecule has 1 aliphatic heterocycles. The average Bonchev–Trinajstić information content (AvgIpc) is 2.60. The van der Waals surface area contributed by atoms with Crippen LogP contribution in [0.3, 0.4) is 0 Å². The van der Waals surface area contributed by atoms with Gasteiger partial charge < -0.3 is 5.32 Å². The first-order chi connectivity index (χ1) is 8.66. The minimum Gasteiger partial charge on any atom is -0.341 e. The van der Waals surface area contributed by atoms with Crippen LogP contribution in [0.15, 0.2) is 23.2 Å². The SMILES string of the molecule is O=[N+]([O-])c1ccc(F)c(NC2=NCCCCC2)c1. The number of hydrogen-bond acceptors (Lipinski definition) is 4. The maximum atomic E-state index is 13.5. The van der Waals surface area contributed by atoms with Crippen LogP contribution in [-0.4, -0.2) is 17.3 Å². The molecule has 0 aromatic heterocycles. The lowest BCUT2D eigenvalue weighted by Crippen LogP contribution is -2.12. The smallest absolute Gasteiger partial charge is 0.271 e. The lowest BCUT2D eigenvalue weighted by atomic mass is 10.2. The van der Waals surface area contributed by atoms with E-state index >= 15 is 0 Å². The molecule has 1 aliphatic rings. The molecule has 0 unspecified atom stereocenters. The maximum Gasteiger partial charge on any atom is 0.271 e. The van der Waals surface area contributed by atoms with Gasteiger partial charge in [0.15, 0.2) is 0 Å². The maximum absolute atomic E-state index is 13.5. The monoisotopic (exact) mass is 251 g/mol. The summed E-state index contributed by atoms with van der Waals surface area (Å²) in [5, 5.41) is 13.5. The largest absolute Gasteiger partial charge is 0.341 e. The zero-order chi connectivity index (χ0) is 13.0. The highest BCUT2D eigenvalue weighted by molar-refractivity contribution is 5.95. The summed E-state index contributed by atoms with van der Waals surface area (Å²) in [4.78, 5) is 14.4. The van der Waals surface area contributed by atoms with Gasteiger partial charge in [0.05, 0.1) is 10.6 Å². The number of halogens is 1. The highest BCUT2D eigenvalue weighted by atomic mass is 19.1. The molecule has 0 saturated carbocycles. The zero-order valence-corrected chi connectivity index (χ0v) is 9.86. The first-order valence-corrected chi connectivity index (χ1v) is 5.91. The second-order valence-electron chi connectivity index (χ2n) is 4.19. The van der Waals surface area contributed by atoms with Crippen molar-refractivity contribution in [3.8, 4) is 0 Å². The fourth-order valence-corrected chi connectivity index (χ4v) is 1.85. The predicted octanol–water partition coefficient (Wildman–Crippen LogP) is 3.12. The second kappa shape index (κ2) is 5.57. The topological polar surface area (TPSA) is 67.5 Å². The number of benzene rings is 1. The van der Waals surface area contributed by atoms with Gasteiger partial charge >= 0.3 is 0 Å². The van der Waals surface area contributed by atoms with Crippen LogP contribution in [0.1, 0.15) is 25.7 Å². The predicted molar refractivity (Wildman–Crippen MR) is 67.4 cm³/mol. The van der Waals surface area contributed by atoms with Crippen LogP contribution in [0.5, 0.6) is 0 Å². The minimum atomic E-state index is -0.542. The van der Waals surface area contributed by atoms with Crippen LogP contribution in [0.25, 0.3) is 0 Å². The molecule has 5 nitrogen and oxygen atoms in total. The molecule has 0 amide bonds. The summed E-state index contributed by atoms with van der Waals surface area (Å²) < 4.78 is 13.5. The Morgan fingerprint density at radius 2 is 2.17 bits per heavy atom. The molecule has 18 heavy (non-hydrogen) atoms. The molecule has 1 aromatic rings. The number of rotatable bonds is 2. The van der Waals surface area contributed by atoms with E-state index in [-0.39, 0.29) is 11.4 Å². The van der Waals surface area contributed by atoms with Gasteiger partial charge in [-0.2, -0.15) is 0 Å². The number of anilines is 1. The quantitative estimate of drug-likeness (QED) is 0.648. The van der Waals surface area contributed by atoms with Crippen molar-refractivity contribution in [1.82, 2.24) is 0 Å². The fourth-order valence-electron chi connectivity index (χ4n) is 1.85. The van der Waals surface area contributed by atoms with Gasteiger partial charge in [-0.05, 0) is 18.9 Å². The van der Waals surface area contributed by atoms with Crippen LogP contribution in [-0.2, 0) is 0 Å². The molecule has 1 N–H and O–H groups in total. The van der Waals surface area contributed by atoms with Crippen molar-refractivity contribution >= 4 is 17.2 Å². The molecule has 6 heteroatoms. The number of amidine groups is 1. The van der Waals surface area contributed by atoms with E-state index in [1.165, 1.54) is 6.07 Å². The Balaban J connectivity index is 2.19. The molecule has 0 spiro atoms. The molecule has 0 radical (unpaired) electrons.